The second-order valence-electron chi connectivity index (χ2n) is 6.89. The van der Waals surface area contributed by atoms with Crippen LogP contribution < -0.4 is 4.90 Å². The zero-order chi connectivity index (χ0) is 16.4. The molecule has 1 N–H and O–H groups in total. The Morgan fingerprint density at radius 1 is 1.17 bits per heavy atom. The number of hydrogen-bond acceptors (Lipinski definition) is 5. The Kier molecular flexibility index (Phi) is 4.21. The van der Waals surface area contributed by atoms with Crippen LogP contribution in [0.1, 0.15) is 19.3 Å². The lowest BCUT2D eigenvalue weighted by Crippen LogP contribution is -2.35. The zero-order valence-electron chi connectivity index (χ0n) is 13.8. The smallest absolute Gasteiger partial charge is 0.161 e. The van der Waals surface area contributed by atoms with Crippen LogP contribution in [-0.4, -0.2) is 47.5 Å². The lowest BCUT2D eigenvalue weighted by atomic mass is 9.78. The van der Waals surface area contributed by atoms with Gasteiger partial charge in [-0.2, -0.15) is 0 Å². The van der Waals surface area contributed by atoms with Gasteiger partial charge in [0.25, 0.3) is 0 Å². The summed E-state index contributed by atoms with van der Waals surface area (Å²) >= 11 is 0. The molecule has 0 radical (unpaired) electrons. The van der Waals surface area contributed by atoms with E-state index in [2.05, 4.69) is 9.88 Å². The highest BCUT2D eigenvalue weighted by Crippen LogP contribution is 2.44. The minimum absolute atomic E-state index is 0.127. The standard InChI is InChI=1S/C19H23N3O2/c23-13-16-12-19(7-10-24-11-8-19)14-22(16)17-6-9-20-18(21-17)15-4-2-1-3-5-15/h1-6,9,16,23H,7-8,10-14H2. The summed E-state index contributed by atoms with van der Waals surface area (Å²) in [5, 5.41) is 9.88. The third kappa shape index (κ3) is 2.89. The molecule has 2 fully saturated rings. The van der Waals surface area contributed by atoms with Crippen LogP contribution in [0, 0.1) is 5.41 Å². The van der Waals surface area contributed by atoms with Crippen molar-refractivity contribution in [2.75, 3.05) is 31.3 Å². The fourth-order valence-corrected chi connectivity index (χ4v) is 4.00. The summed E-state index contributed by atoms with van der Waals surface area (Å²) in [6.45, 7) is 2.75. The molecule has 2 saturated heterocycles. The summed E-state index contributed by atoms with van der Waals surface area (Å²) in [5.74, 6) is 1.64. The molecule has 0 bridgehead atoms. The second kappa shape index (κ2) is 6.49. The molecule has 1 spiro atoms. The molecule has 126 valence electrons. The number of rotatable bonds is 3. The van der Waals surface area contributed by atoms with Gasteiger partial charge < -0.3 is 14.7 Å². The summed E-state index contributed by atoms with van der Waals surface area (Å²) < 4.78 is 5.54. The van der Waals surface area contributed by atoms with Crippen molar-refractivity contribution in [3.05, 3.63) is 42.6 Å². The first kappa shape index (κ1) is 15.5. The number of aliphatic hydroxyl groups excluding tert-OH is 1. The first-order valence-corrected chi connectivity index (χ1v) is 8.63. The molecule has 2 aliphatic rings. The molecule has 2 aromatic rings. The molecule has 0 saturated carbocycles. The molecule has 1 atom stereocenters. The highest BCUT2D eigenvalue weighted by Gasteiger charge is 2.45. The van der Waals surface area contributed by atoms with Gasteiger partial charge in [0.1, 0.15) is 5.82 Å². The topological polar surface area (TPSA) is 58.5 Å². The fraction of sp³-hybridized carbons (Fsp3) is 0.474. The monoisotopic (exact) mass is 325 g/mol. The van der Waals surface area contributed by atoms with E-state index < -0.39 is 0 Å². The molecule has 5 nitrogen and oxygen atoms in total. The van der Waals surface area contributed by atoms with Crippen LogP contribution >= 0.6 is 0 Å². The van der Waals surface area contributed by atoms with Crippen LogP contribution in [0.5, 0.6) is 0 Å². The normalized spacial score (nSPS) is 22.9. The fourth-order valence-electron chi connectivity index (χ4n) is 4.00. The maximum Gasteiger partial charge on any atom is 0.161 e. The Morgan fingerprint density at radius 2 is 1.96 bits per heavy atom. The van der Waals surface area contributed by atoms with Crippen LogP contribution in [0.3, 0.4) is 0 Å². The third-order valence-corrected chi connectivity index (χ3v) is 5.35. The average Bonchev–Trinajstić information content (AvgIpc) is 3.01. The third-order valence-electron chi connectivity index (χ3n) is 5.35. The Bertz CT molecular complexity index is 686. The van der Waals surface area contributed by atoms with Gasteiger partial charge in [0.05, 0.1) is 12.6 Å². The molecule has 4 rings (SSSR count). The van der Waals surface area contributed by atoms with Crippen molar-refractivity contribution in [1.82, 2.24) is 9.97 Å². The van der Waals surface area contributed by atoms with Crippen molar-refractivity contribution in [1.29, 1.82) is 0 Å². The van der Waals surface area contributed by atoms with E-state index in [0.29, 0.717) is 0 Å². The van der Waals surface area contributed by atoms with Gasteiger partial charge in [-0.05, 0) is 30.7 Å². The molecule has 5 heteroatoms. The van der Waals surface area contributed by atoms with Gasteiger partial charge in [-0.3, -0.25) is 0 Å². The van der Waals surface area contributed by atoms with Crippen molar-refractivity contribution < 1.29 is 9.84 Å². The predicted octanol–water partition coefficient (Wildman–Crippen LogP) is 2.51. The number of anilines is 1. The average molecular weight is 325 g/mol. The van der Waals surface area contributed by atoms with Gasteiger partial charge in [0.2, 0.25) is 0 Å². The largest absolute Gasteiger partial charge is 0.394 e. The number of hydrogen-bond donors (Lipinski definition) is 1. The maximum absolute atomic E-state index is 9.88. The molecule has 3 heterocycles. The minimum atomic E-state index is 0.127. The summed E-state index contributed by atoms with van der Waals surface area (Å²) in [6.07, 6.45) is 4.96. The highest BCUT2D eigenvalue weighted by molar-refractivity contribution is 5.57. The van der Waals surface area contributed by atoms with E-state index in [1.54, 1.807) is 0 Å². The lowest BCUT2D eigenvalue weighted by molar-refractivity contribution is 0.0230. The molecular formula is C19H23N3O2. The van der Waals surface area contributed by atoms with Crippen LogP contribution in [0.4, 0.5) is 5.82 Å². The zero-order valence-corrected chi connectivity index (χ0v) is 13.8. The predicted molar refractivity (Wildman–Crippen MR) is 92.8 cm³/mol. The lowest BCUT2D eigenvalue weighted by Gasteiger charge is -2.33. The van der Waals surface area contributed by atoms with Crippen LogP contribution in [-0.2, 0) is 4.74 Å². The van der Waals surface area contributed by atoms with Crippen molar-refractivity contribution in [3.63, 3.8) is 0 Å². The van der Waals surface area contributed by atoms with E-state index in [-0.39, 0.29) is 18.1 Å². The van der Waals surface area contributed by atoms with Crippen molar-refractivity contribution in [2.24, 2.45) is 5.41 Å². The van der Waals surface area contributed by atoms with Crippen LogP contribution in [0.2, 0.25) is 0 Å². The van der Waals surface area contributed by atoms with Gasteiger partial charge in [0.15, 0.2) is 5.82 Å². The molecule has 2 aliphatic heterocycles. The Balaban J connectivity index is 1.63. The molecule has 0 aliphatic carbocycles. The van der Waals surface area contributed by atoms with E-state index in [9.17, 15) is 5.11 Å². The first-order valence-electron chi connectivity index (χ1n) is 8.63. The SMILES string of the molecule is OCC1CC2(CCOCC2)CN1c1ccnc(-c2ccccc2)n1. The number of nitrogens with zero attached hydrogens (tertiary/aromatic N) is 3. The van der Waals surface area contributed by atoms with Gasteiger partial charge in [-0.1, -0.05) is 30.3 Å². The van der Waals surface area contributed by atoms with Crippen LogP contribution in [0.15, 0.2) is 42.6 Å². The number of ether oxygens (including phenoxy) is 1. The quantitative estimate of drug-likeness (QED) is 0.940. The van der Waals surface area contributed by atoms with E-state index >= 15 is 0 Å². The molecule has 1 aromatic carbocycles. The summed E-state index contributed by atoms with van der Waals surface area (Å²) in [4.78, 5) is 11.5. The Hall–Kier alpha value is -1.98. The van der Waals surface area contributed by atoms with Crippen molar-refractivity contribution in [3.8, 4) is 11.4 Å². The van der Waals surface area contributed by atoms with Gasteiger partial charge in [-0.25, -0.2) is 9.97 Å². The highest BCUT2D eigenvalue weighted by atomic mass is 16.5. The molecule has 24 heavy (non-hydrogen) atoms. The van der Waals surface area contributed by atoms with Gasteiger partial charge >= 0.3 is 0 Å². The van der Waals surface area contributed by atoms with Crippen LogP contribution in [0.25, 0.3) is 11.4 Å². The van der Waals surface area contributed by atoms with E-state index in [1.165, 1.54) is 0 Å². The Morgan fingerprint density at radius 3 is 2.71 bits per heavy atom. The molecule has 1 aromatic heterocycles. The molecule has 1 unspecified atom stereocenters. The Labute approximate surface area is 142 Å². The van der Waals surface area contributed by atoms with E-state index in [4.69, 9.17) is 9.72 Å². The number of benzene rings is 1. The van der Waals surface area contributed by atoms with E-state index in [1.807, 2.05) is 42.6 Å². The molecule has 0 amide bonds. The van der Waals surface area contributed by atoms with Crippen molar-refractivity contribution >= 4 is 5.82 Å². The summed E-state index contributed by atoms with van der Waals surface area (Å²) in [7, 11) is 0. The van der Waals surface area contributed by atoms with Gasteiger partial charge in [0, 0.05) is 31.5 Å². The summed E-state index contributed by atoms with van der Waals surface area (Å²) in [5.41, 5.74) is 1.27. The molecular weight excluding hydrogens is 302 g/mol. The first-order chi connectivity index (χ1) is 11.8. The van der Waals surface area contributed by atoms with Crippen molar-refractivity contribution in [2.45, 2.75) is 25.3 Å². The van der Waals surface area contributed by atoms with Gasteiger partial charge in [-0.15, -0.1) is 0 Å². The second-order valence-corrected chi connectivity index (χ2v) is 6.89. The maximum atomic E-state index is 9.88. The van der Waals surface area contributed by atoms with E-state index in [0.717, 1.165) is 56.2 Å². The number of aliphatic hydroxyl groups is 1. The minimum Gasteiger partial charge on any atom is -0.394 e. The number of aromatic nitrogens is 2. The summed E-state index contributed by atoms with van der Waals surface area (Å²) in [6, 6.07) is 12.1.